The molecular formula is C18H23NO2. The van der Waals surface area contributed by atoms with Crippen molar-refractivity contribution in [2.24, 2.45) is 11.3 Å². The molecule has 3 nitrogen and oxygen atoms in total. The first-order valence-corrected chi connectivity index (χ1v) is 7.68. The van der Waals surface area contributed by atoms with Crippen molar-refractivity contribution in [2.75, 3.05) is 0 Å². The number of aromatic nitrogens is 1. The molecule has 1 saturated heterocycles. The molecule has 2 aliphatic rings. The van der Waals surface area contributed by atoms with Crippen molar-refractivity contribution in [2.45, 2.75) is 52.6 Å². The zero-order valence-electron chi connectivity index (χ0n) is 13.3. The molecule has 112 valence electrons. The van der Waals surface area contributed by atoms with Crippen LogP contribution >= 0.6 is 0 Å². The van der Waals surface area contributed by atoms with Gasteiger partial charge in [-0.25, -0.2) is 0 Å². The zero-order valence-corrected chi connectivity index (χ0v) is 13.3. The third kappa shape index (κ3) is 1.94. The van der Waals surface area contributed by atoms with Crippen LogP contribution in [0.4, 0.5) is 0 Å². The van der Waals surface area contributed by atoms with Crippen LogP contribution < -0.4 is 0 Å². The van der Waals surface area contributed by atoms with Crippen molar-refractivity contribution in [1.29, 1.82) is 0 Å². The monoisotopic (exact) mass is 285 g/mol. The Labute approximate surface area is 126 Å². The molecule has 3 rings (SSSR count). The van der Waals surface area contributed by atoms with E-state index >= 15 is 0 Å². The van der Waals surface area contributed by atoms with E-state index in [2.05, 4.69) is 32.7 Å². The van der Waals surface area contributed by atoms with Crippen molar-refractivity contribution in [3.8, 4) is 0 Å². The number of hydrogen-bond acceptors (Lipinski definition) is 3. The molecule has 2 fully saturated rings. The van der Waals surface area contributed by atoms with E-state index in [9.17, 15) is 4.79 Å². The minimum absolute atomic E-state index is 0.0656. The van der Waals surface area contributed by atoms with Gasteiger partial charge in [0.15, 0.2) is 0 Å². The van der Waals surface area contributed by atoms with Gasteiger partial charge in [0.25, 0.3) is 0 Å². The molecule has 0 radical (unpaired) electrons. The third-order valence-electron chi connectivity index (χ3n) is 5.63. The van der Waals surface area contributed by atoms with Crippen molar-refractivity contribution in [3.63, 3.8) is 0 Å². The van der Waals surface area contributed by atoms with Crippen LogP contribution in [0, 0.1) is 11.3 Å². The first kappa shape index (κ1) is 14.3. The number of ether oxygens (including phenoxy) is 1. The van der Waals surface area contributed by atoms with Crippen molar-refractivity contribution in [1.82, 2.24) is 4.98 Å². The number of carbonyl (C=O) groups excluding carboxylic acids is 1. The Kier molecular flexibility index (Phi) is 3.19. The molecule has 0 N–H and O–H groups in total. The highest BCUT2D eigenvalue weighted by Gasteiger charge is 2.65. The molecule has 21 heavy (non-hydrogen) atoms. The second-order valence-electron chi connectivity index (χ2n) is 6.91. The Morgan fingerprint density at radius 3 is 2.76 bits per heavy atom. The Morgan fingerprint density at radius 1 is 1.38 bits per heavy atom. The molecule has 0 aromatic carbocycles. The van der Waals surface area contributed by atoms with Gasteiger partial charge in [-0.2, -0.15) is 0 Å². The number of rotatable bonds is 2. The molecule has 0 unspecified atom stereocenters. The number of carbonyl (C=O) groups is 1. The van der Waals surface area contributed by atoms with Crippen molar-refractivity contribution in [3.05, 3.63) is 41.2 Å². The van der Waals surface area contributed by atoms with Crippen LogP contribution in [0.15, 0.2) is 35.5 Å². The first-order chi connectivity index (χ1) is 9.88. The fourth-order valence-corrected chi connectivity index (χ4v) is 4.25. The molecule has 3 atom stereocenters. The van der Waals surface area contributed by atoms with E-state index in [1.165, 1.54) is 11.1 Å². The van der Waals surface area contributed by atoms with Gasteiger partial charge in [0.1, 0.15) is 5.60 Å². The van der Waals surface area contributed by atoms with E-state index in [-0.39, 0.29) is 22.9 Å². The minimum atomic E-state index is -0.365. The third-order valence-corrected chi connectivity index (χ3v) is 5.63. The Morgan fingerprint density at radius 2 is 2.14 bits per heavy atom. The average Bonchev–Trinajstić information content (AvgIpc) is 2.79. The lowest BCUT2D eigenvalue weighted by Gasteiger charge is -2.36. The van der Waals surface area contributed by atoms with Gasteiger partial charge < -0.3 is 4.74 Å². The minimum Gasteiger partial charge on any atom is -0.458 e. The van der Waals surface area contributed by atoms with E-state index in [1.54, 1.807) is 6.20 Å². The largest absolute Gasteiger partial charge is 0.458 e. The number of nitrogens with zero attached hydrogens (tertiary/aromatic N) is 1. The number of allylic oxidation sites excluding steroid dienone is 1. The first-order valence-electron chi connectivity index (χ1n) is 7.68. The number of fused-ring (bicyclic) bond motifs is 1. The number of pyridine rings is 1. The summed E-state index contributed by atoms with van der Waals surface area (Å²) in [5, 5.41) is 0. The molecule has 1 aliphatic heterocycles. The molecule has 0 spiro atoms. The number of esters is 1. The van der Waals surface area contributed by atoms with Gasteiger partial charge in [0.2, 0.25) is 0 Å². The summed E-state index contributed by atoms with van der Waals surface area (Å²) in [6.45, 7) is 8.60. The highest BCUT2D eigenvalue weighted by Crippen LogP contribution is 2.62. The summed E-state index contributed by atoms with van der Waals surface area (Å²) in [4.78, 5) is 16.9. The van der Waals surface area contributed by atoms with Gasteiger partial charge >= 0.3 is 5.97 Å². The van der Waals surface area contributed by atoms with Crippen LogP contribution in [-0.2, 0) is 16.0 Å². The predicted octanol–water partition coefficient (Wildman–Crippen LogP) is 3.69. The SMILES string of the molecule is CC(C)=C1CC[C@@]2(C)OC(=O)[C@@H](Cc3ccccn3)[C@]12C. The van der Waals surface area contributed by atoms with Gasteiger partial charge in [-0.05, 0) is 45.7 Å². The van der Waals surface area contributed by atoms with E-state index in [1.807, 2.05) is 18.2 Å². The maximum absolute atomic E-state index is 12.5. The summed E-state index contributed by atoms with van der Waals surface area (Å²) >= 11 is 0. The fourth-order valence-electron chi connectivity index (χ4n) is 4.25. The summed E-state index contributed by atoms with van der Waals surface area (Å²) in [5.74, 6) is -0.200. The van der Waals surface area contributed by atoms with Crippen LogP contribution in [0.5, 0.6) is 0 Å². The van der Waals surface area contributed by atoms with Gasteiger partial charge in [0, 0.05) is 23.7 Å². The summed E-state index contributed by atoms with van der Waals surface area (Å²) in [7, 11) is 0. The molecule has 1 aliphatic carbocycles. The molecule has 1 aromatic heterocycles. The fraction of sp³-hybridized carbons (Fsp3) is 0.556. The second-order valence-corrected chi connectivity index (χ2v) is 6.91. The van der Waals surface area contributed by atoms with E-state index in [4.69, 9.17) is 4.74 Å². The normalized spacial score (nSPS) is 34.8. The maximum atomic E-state index is 12.5. The van der Waals surface area contributed by atoms with Gasteiger partial charge in [-0.3, -0.25) is 9.78 Å². The smallest absolute Gasteiger partial charge is 0.310 e. The van der Waals surface area contributed by atoms with E-state index in [0.717, 1.165) is 18.5 Å². The van der Waals surface area contributed by atoms with Crippen molar-refractivity contribution >= 4 is 5.97 Å². The maximum Gasteiger partial charge on any atom is 0.310 e. The topological polar surface area (TPSA) is 39.2 Å². The lowest BCUT2D eigenvalue weighted by Crippen LogP contribution is -2.40. The predicted molar refractivity (Wildman–Crippen MR) is 81.6 cm³/mol. The van der Waals surface area contributed by atoms with E-state index in [0.29, 0.717) is 6.42 Å². The lowest BCUT2D eigenvalue weighted by molar-refractivity contribution is -0.150. The molecule has 0 bridgehead atoms. The molecule has 1 saturated carbocycles. The molecule has 2 heterocycles. The van der Waals surface area contributed by atoms with E-state index < -0.39 is 0 Å². The average molecular weight is 285 g/mol. The standard InChI is InChI=1S/C18H23NO2/c1-12(2)14-8-9-17(3)18(14,4)15(16(20)21-17)11-13-7-5-6-10-19-13/h5-7,10,15H,8-9,11H2,1-4H3/t15-,17-,18+/m1/s1. The van der Waals surface area contributed by atoms with Gasteiger partial charge in [-0.15, -0.1) is 0 Å². The second kappa shape index (κ2) is 4.69. The Hall–Kier alpha value is -1.64. The molecule has 1 aromatic rings. The van der Waals surface area contributed by atoms with Gasteiger partial charge in [-0.1, -0.05) is 24.1 Å². The molecular weight excluding hydrogens is 262 g/mol. The van der Waals surface area contributed by atoms with Crippen LogP contribution in [-0.4, -0.2) is 16.6 Å². The Bertz CT molecular complexity index is 603. The van der Waals surface area contributed by atoms with Crippen LogP contribution in [0.3, 0.4) is 0 Å². The molecule has 3 heteroatoms. The van der Waals surface area contributed by atoms with Gasteiger partial charge in [0.05, 0.1) is 5.92 Å². The summed E-state index contributed by atoms with van der Waals surface area (Å²) in [5.41, 5.74) is 3.11. The molecule has 0 amide bonds. The highest BCUT2D eigenvalue weighted by molar-refractivity contribution is 5.79. The Balaban J connectivity index is 2.03. The summed E-state index contributed by atoms with van der Waals surface area (Å²) in [6.07, 6.45) is 4.39. The van der Waals surface area contributed by atoms with Crippen LogP contribution in [0.1, 0.15) is 46.2 Å². The lowest BCUT2D eigenvalue weighted by atomic mass is 9.65. The number of hydrogen-bond donors (Lipinski definition) is 0. The summed E-state index contributed by atoms with van der Waals surface area (Å²) in [6, 6.07) is 5.86. The van der Waals surface area contributed by atoms with Crippen molar-refractivity contribution < 1.29 is 9.53 Å². The quantitative estimate of drug-likeness (QED) is 0.614. The summed E-state index contributed by atoms with van der Waals surface area (Å²) < 4.78 is 5.84. The highest BCUT2D eigenvalue weighted by atomic mass is 16.6. The van der Waals surface area contributed by atoms with Crippen LogP contribution in [0.25, 0.3) is 0 Å². The zero-order chi connectivity index (χ0) is 15.3. The van der Waals surface area contributed by atoms with Crippen LogP contribution in [0.2, 0.25) is 0 Å².